The van der Waals surface area contributed by atoms with Crippen molar-refractivity contribution in [2.45, 2.75) is 25.9 Å². The zero-order valence-electron chi connectivity index (χ0n) is 19.5. The number of pyridine rings is 1. The Balaban J connectivity index is 0.000000201. The molecule has 0 radical (unpaired) electrons. The molecule has 1 fully saturated rings. The van der Waals surface area contributed by atoms with Crippen molar-refractivity contribution >= 4 is 28.1 Å². The molecule has 3 heterocycles. The van der Waals surface area contributed by atoms with Crippen molar-refractivity contribution in [1.82, 2.24) is 20.1 Å². The number of aromatic nitrogens is 3. The average molecular weight is 496 g/mol. The number of rotatable bonds is 5. The van der Waals surface area contributed by atoms with Crippen molar-refractivity contribution in [2.75, 3.05) is 20.1 Å². The van der Waals surface area contributed by atoms with Gasteiger partial charge in [-0.1, -0.05) is 29.5 Å². The highest BCUT2D eigenvalue weighted by molar-refractivity contribution is 7.08. The number of H-pyrrole nitrogens is 1. The third kappa shape index (κ3) is 6.09. The van der Waals surface area contributed by atoms with Crippen LogP contribution < -0.4 is 15.3 Å². The minimum Gasteiger partial charge on any atom is -0.486 e. The van der Waals surface area contributed by atoms with Gasteiger partial charge in [0.1, 0.15) is 11.6 Å². The Bertz CT molecular complexity index is 1400. The van der Waals surface area contributed by atoms with Crippen molar-refractivity contribution < 1.29 is 13.9 Å². The van der Waals surface area contributed by atoms with Crippen LogP contribution in [-0.4, -0.2) is 46.1 Å². The second-order valence-electron chi connectivity index (χ2n) is 8.44. The summed E-state index contributed by atoms with van der Waals surface area (Å²) in [6.07, 6.45) is 1.12. The van der Waals surface area contributed by atoms with E-state index in [1.54, 1.807) is 0 Å². The number of benzene rings is 2. The number of primary amides is 1. The van der Waals surface area contributed by atoms with Crippen molar-refractivity contribution in [1.29, 1.82) is 0 Å². The first kappa shape index (κ1) is 24.5. The number of aromatic amines is 1. The molecule has 1 aliphatic rings. The smallest absolute Gasteiger partial charge is 0.322 e. The van der Waals surface area contributed by atoms with E-state index in [4.69, 9.17) is 10.5 Å². The Morgan fingerprint density at radius 3 is 2.74 bits per heavy atom. The molecule has 0 saturated carbocycles. The summed E-state index contributed by atoms with van der Waals surface area (Å²) in [6.45, 7) is 4.24. The molecule has 2 aromatic heterocycles. The number of nitrogens with two attached hydrogens (primary N) is 1. The van der Waals surface area contributed by atoms with Crippen LogP contribution in [0.15, 0.2) is 53.3 Å². The summed E-state index contributed by atoms with van der Waals surface area (Å²) < 4.78 is 19.5. The van der Waals surface area contributed by atoms with Crippen LogP contribution in [0.5, 0.6) is 5.75 Å². The van der Waals surface area contributed by atoms with Gasteiger partial charge in [-0.25, -0.2) is 9.49 Å². The third-order valence-corrected chi connectivity index (χ3v) is 6.64. The Morgan fingerprint density at radius 1 is 1.29 bits per heavy atom. The number of para-hydroxylation sites is 1. The topological polar surface area (TPSA) is 114 Å². The summed E-state index contributed by atoms with van der Waals surface area (Å²) in [6, 6.07) is 13.6. The fourth-order valence-corrected chi connectivity index (χ4v) is 4.73. The molecule has 35 heavy (non-hydrogen) atoms. The molecule has 2 aromatic carbocycles. The van der Waals surface area contributed by atoms with E-state index in [0.717, 1.165) is 52.7 Å². The highest BCUT2D eigenvalue weighted by Gasteiger charge is 2.23. The number of hydrogen-bond donors (Lipinski definition) is 2. The van der Waals surface area contributed by atoms with Gasteiger partial charge in [0.15, 0.2) is 11.6 Å². The highest BCUT2D eigenvalue weighted by Crippen LogP contribution is 2.25. The fourth-order valence-electron chi connectivity index (χ4n) is 3.99. The average Bonchev–Trinajstić information content (AvgIpc) is 3.46. The van der Waals surface area contributed by atoms with Crippen molar-refractivity contribution in [3.05, 3.63) is 85.8 Å². The van der Waals surface area contributed by atoms with Crippen LogP contribution >= 0.6 is 11.3 Å². The number of likely N-dealkylation sites (tertiary alicyclic amines) is 1. The van der Waals surface area contributed by atoms with E-state index in [2.05, 4.69) is 27.1 Å². The summed E-state index contributed by atoms with van der Waals surface area (Å²) >= 11 is 1.24. The Labute approximate surface area is 205 Å². The minimum absolute atomic E-state index is 0.0421. The molecule has 3 N–H and O–H groups in total. The molecule has 1 aliphatic heterocycles. The molecule has 5 rings (SSSR count). The van der Waals surface area contributed by atoms with Crippen molar-refractivity contribution in [2.24, 2.45) is 5.73 Å². The fraction of sp³-hybridized carbons (Fsp3) is 0.280. The first-order valence-electron chi connectivity index (χ1n) is 11.1. The number of nitrogens with zero attached hydrogens (tertiary/aromatic N) is 3. The number of hydrogen-bond acceptors (Lipinski definition) is 7. The number of ether oxygens (including phenoxy) is 1. The van der Waals surface area contributed by atoms with Gasteiger partial charge in [0.25, 0.3) is 0 Å². The Morgan fingerprint density at radius 2 is 2.09 bits per heavy atom. The Hall–Kier alpha value is -3.63. The first-order chi connectivity index (χ1) is 16.8. The number of nitrogens with one attached hydrogen (secondary N) is 1. The molecule has 8 nitrogen and oxygen atoms in total. The number of amides is 1. The van der Waals surface area contributed by atoms with E-state index in [1.165, 1.54) is 23.5 Å². The SMILES string of the molecule is CN1CC[C@@H](c2n[nH]c(=O)s2)C1.Cc1cc(COc2ccc(C(N)=O)cc2F)c2ccccc2n1. The lowest BCUT2D eigenvalue weighted by atomic mass is 10.1. The molecule has 1 amide bonds. The van der Waals surface area contributed by atoms with Gasteiger partial charge in [0, 0.05) is 34.7 Å². The molecular weight excluding hydrogens is 469 g/mol. The van der Waals surface area contributed by atoms with Gasteiger partial charge >= 0.3 is 4.87 Å². The van der Waals surface area contributed by atoms with Crippen molar-refractivity contribution in [3.63, 3.8) is 0 Å². The summed E-state index contributed by atoms with van der Waals surface area (Å²) in [7, 11) is 2.09. The lowest BCUT2D eigenvalue weighted by molar-refractivity contribution is 0.0999. The van der Waals surface area contributed by atoms with Gasteiger partial charge in [0.05, 0.1) is 5.52 Å². The summed E-state index contributed by atoms with van der Waals surface area (Å²) in [4.78, 5) is 28.5. The van der Waals surface area contributed by atoms with Gasteiger partial charge in [-0.3, -0.25) is 14.6 Å². The largest absolute Gasteiger partial charge is 0.486 e. The second kappa shape index (κ2) is 10.7. The van der Waals surface area contributed by atoms with Crippen LogP contribution in [0.1, 0.15) is 39.0 Å². The summed E-state index contributed by atoms with van der Waals surface area (Å²) in [5.41, 5.74) is 7.90. The predicted molar refractivity (Wildman–Crippen MR) is 133 cm³/mol. The standard InChI is InChI=1S/C18H15FN2O2.C7H11N3OS/c1-11-8-13(14-4-2-3-5-16(14)21-11)10-23-17-7-6-12(18(20)22)9-15(17)19;1-10-3-2-5(4-10)6-8-9-7(11)12-6/h2-9H,10H2,1H3,(H2,20,22);5H,2-4H2,1H3,(H,9,11)/t;5-/m.1/s1. The van der Waals surface area contributed by atoms with Gasteiger partial charge in [-0.15, -0.1) is 0 Å². The third-order valence-electron chi connectivity index (χ3n) is 5.72. The maximum Gasteiger partial charge on any atom is 0.322 e. The quantitative estimate of drug-likeness (QED) is 0.437. The minimum atomic E-state index is -0.675. The number of likely N-dealkylation sites (N-methyl/N-ethyl adjacent to an activating group) is 1. The summed E-state index contributed by atoms with van der Waals surface area (Å²) in [5, 5.41) is 8.37. The normalized spacial score (nSPS) is 15.6. The van der Waals surface area contributed by atoms with E-state index in [9.17, 15) is 14.0 Å². The van der Waals surface area contributed by atoms with E-state index < -0.39 is 11.7 Å². The van der Waals surface area contributed by atoms with Crippen LogP contribution in [0.25, 0.3) is 10.9 Å². The summed E-state index contributed by atoms with van der Waals surface area (Å²) in [5.74, 6) is -0.741. The molecule has 0 aliphatic carbocycles. The molecule has 182 valence electrons. The van der Waals surface area contributed by atoms with E-state index >= 15 is 0 Å². The zero-order chi connectivity index (χ0) is 24.9. The lowest BCUT2D eigenvalue weighted by Gasteiger charge is -2.11. The van der Waals surface area contributed by atoms with Crippen LogP contribution in [0.4, 0.5) is 4.39 Å². The first-order valence-corrected chi connectivity index (χ1v) is 11.9. The maximum atomic E-state index is 14.0. The van der Waals surface area contributed by atoms with Gasteiger partial charge in [-0.2, -0.15) is 5.10 Å². The molecular formula is C25H26FN5O3S. The van der Waals surface area contributed by atoms with Gasteiger partial charge in [0.2, 0.25) is 5.91 Å². The molecule has 1 atom stereocenters. The molecule has 10 heteroatoms. The number of carbonyl (C=O) groups is 1. The second-order valence-corrected chi connectivity index (χ2v) is 9.43. The molecule has 4 aromatic rings. The lowest BCUT2D eigenvalue weighted by Crippen LogP contribution is -2.13. The highest BCUT2D eigenvalue weighted by atomic mass is 32.1. The number of fused-ring (bicyclic) bond motifs is 1. The van der Waals surface area contributed by atoms with Crippen LogP contribution in [0.3, 0.4) is 0 Å². The van der Waals surface area contributed by atoms with Crippen molar-refractivity contribution in [3.8, 4) is 5.75 Å². The van der Waals surface area contributed by atoms with Crippen LogP contribution in [0, 0.1) is 12.7 Å². The molecule has 0 spiro atoms. The Kier molecular flexibility index (Phi) is 7.52. The molecule has 0 bridgehead atoms. The number of halogens is 1. The van der Waals surface area contributed by atoms with E-state index in [0.29, 0.717) is 5.92 Å². The molecule has 1 saturated heterocycles. The monoisotopic (exact) mass is 495 g/mol. The zero-order valence-corrected chi connectivity index (χ0v) is 20.3. The number of carbonyl (C=O) groups excluding carboxylic acids is 1. The van der Waals surface area contributed by atoms with E-state index in [1.807, 2.05) is 37.3 Å². The van der Waals surface area contributed by atoms with Gasteiger partial charge < -0.3 is 15.4 Å². The number of aryl methyl sites for hydroxylation is 1. The maximum absolute atomic E-state index is 14.0. The van der Waals surface area contributed by atoms with Crippen LogP contribution in [0.2, 0.25) is 0 Å². The predicted octanol–water partition coefficient (Wildman–Crippen LogP) is 3.61. The van der Waals surface area contributed by atoms with Gasteiger partial charge in [-0.05, 0) is 57.3 Å². The van der Waals surface area contributed by atoms with Crippen LogP contribution in [-0.2, 0) is 6.61 Å². The molecule has 0 unspecified atom stereocenters. The van der Waals surface area contributed by atoms with E-state index in [-0.39, 0.29) is 22.8 Å².